The van der Waals surface area contributed by atoms with Gasteiger partial charge in [0.1, 0.15) is 13.2 Å². The zero-order chi connectivity index (χ0) is 36.2. The topological polar surface area (TPSA) is 78.9 Å². The van der Waals surface area contributed by atoms with E-state index in [1.54, 1.807) is 0 Å². The minimum absolute atomic E-state index is 0.0666. The average molecular weight is 695 g/mol. The second-order valence-electron chi connectivity index (χ2n) is 15.6. The van der Waals surface area contributed by atoms with Crippen LogP contribution in [0.4, 0.5) is 0 Å². The van der Waals surface area contributed by atoms with Gasteiger partial charge in [-0.1, -0.05) is 189 Å². The van der Waals surface area contributed by atoms with Crippen molar-refractivity contribution in [1.29, 1.82) is 0 Å². The van der Waals surface area contributed by atoms with Gasteiger partial charge in [-0.15, -0.1) is 0 Å². The standard InChI is InChI=1S/C43H82O6/c1-6-7-8-9-10-11-12-13-18-25-30-35-43(46)49-40(37-48-42(45)34-29-24-20-19-22-27-32-39(4)5)36-47-41(44)33-28-23-17-15-14-16-21-26-31-38(2)3/h38-40H,6-37H2,1-5H3/t40-/m0/s1. The lowest BCUT2D eigenvalue weighted by Gasteiger charge is -2.18. The number of hydrogen-bond donors (Lipinski definition) is 0. The molecule has 1 atom stereocenters. The Bertz CT molecular complexity index is 749. The Morgan fingerprint density at radius 3 is 1.00 bits per heavy atom. The molecule has 0 unspecified atom stereocenters. The Labute approximate surface area is 304 Å². The van der Waals surface area contributed by atoms with Crippen molar-refractivity contribution in [3.05, 3.63) is 0 Å². The molecule has 0 radical (unpaired) electrons. The molecule has 0 fully saturated rings. The SMILES string of the molecule is CCCCCCCCCCCCCC(=O)O[C@@H](COC(=O)CCCCCCCCCCC(C)C)COC(=O)CCCCCCCCC(C)C. The molecular formula is C43H82O6. The Kier molecular flexibility index (Phi) is 35.0. The van der Waals surface area contributed by atoms with E-state index in [-0.39, 0.29) is 31.1 Å². The van der Waals surface area contributed by atoms with Crippen molar-refractivity contribution in [2.75, 3.05) is 13.2 Å². The van der Waals surface area contributed by atoms with Crippen molar-refractivity contribution < 1.29 is 28.6 Å². The first kappa shape index (κ1) is 47.4. The van der Waals surface area contributed by atoms with Gasteiger partial charge < -0.3 is 14.2 Å². The maximum Gasteiger partial charge on any atom is 0.306 e. The first-order chi connectivity index (χ1) is 23.7. The van der Waals surface area contributed by atoms with Crippen molar-refractivity contribution in [3.8, 4) is 0 Å². The number of unbranched alkanes of at least 4 members (excludes halogenated alkanes) is 22. The van der Waals surface area contributed by atoms with Crippen LogP contribution in [0.5, 0.6) is 0 Å². The zero-order valence-corrected chi connectivity index (χ0v) is 33.3. The number of carbonyl (C=O) groups excluding carboxylic acids is 3. The van der Waals surface area contributed by atoms with E-state index in [0.29, 0.717) is 19.3 Å². The Morgan fingerprint density at radius 1 is 0.388 bits per heavy atom. The summed E-state index contributed by atoms with van der Waals surface area (Å²) >= 11 is 0. The number of rotatable bonds is 37. The third kappa shape index (κ3) is 37.5. The maximum absolute atomic E-state index is 12.6. The molecule has 0 heterocycles. The number of ether oxygens (including phenoxy) is 3. The van der Waals surface area contributed by atoms with E-state index in [0.717, 1.165) is 69.6 Å². The first-order valence-electron chi connectivity index (χ1n) is 21.2. The molecule has 0 rings (SSSR count). The molecule has 0 saturated heterocycles. The largest absolute Gasteiger partial charge is 0.462 e. The van der Waals surface area contributed by atoms with Gasteiger partial charge in [0.15, 0.2) is 6.10 Å². The van der Waals surface area contributed by atoms with E-state index in [2.05, 4.69) is 34.6 Å². The number of hydrogen-bond acceptors (Lipinski definition) is 6. The second-order valence-corrected chi connectivity index (χ2v) is 15.6. The van der Waals surface area contributed by atoms with Crippen LogP contribution in [0.15, 0.2) is 0 Å². The van der Waals surface area contributed by atoms with Crippen LogP contribution in [0, 0.1) is 11.8 Å². The van der Waals surface area contributed by atoms with Crippen LogP contribution in [0.1, 0.15) is 227 Å². The highest BCUT2D eigenvalue weighted by molar-refractivity contribution is 5.71. The summed E-state index contributed by atoms with van der Waals surface area (Å²) in [6.45, 7) is 11.2. The number of esters is 3. The molecule has 49 heavy (non-hydrogen) atoms. The van der Waals surface area contributed by atoms with Crippen LogP contribution in [0.3, 0.4) is 0 Å². The van der Waals surface area contributed by atoms with Gasteiger partial charge in [0, 0.05) is 19.3 Å². The van der Waals surface area contributed by atoms with Gasteiger partial charge in [-0.25, -0.2) is 0 Å². The van der Waals surface area contributed by atoms with Crippen LogP contribution in [-0.2, 0) is 28.6 Å². The lowest BCUT2D eigenvalue weighted by molar-refractivity contribution is -0.167. The summed E-state index contributed by atoms with van der Waals surface area (Å²) in [4.78, 5) is 37.5. The minimum Gasteiger partial charge on any atom is -0.462 e. The smallest absolute Gasteiger partial charge is 0.306 e. The predicted octanol–water partition coefficient (Wildman–Crippen LogP) is 13.0. The molecule has 0 aromatic heterocycles. The number of carbonyl (C=O) groups is 3. The van der Waals surface area contributed by atoms with Gasteiger partial charge in [-0.2, -0.15) is 0 Å². The van der Waals surface area contributed by atoms with Crippen molar-refractivity contribution in [1.82, 2.24) is 0 Å². The van der Waals surface area contributed by atoms with E-state index in [1.165, 1.54) is 116 Å². The van der Waals surface area contributed by atoms with Crippen LogP contribution in [0.25, 0.3) is 0 Å². The fraction of sp³-hybridized carbons (Fsp3) is 0.930. The van der Waals surface area contributed by atoms with E-state index in [9.17, 15) is 14.4 Å². The summed E-state index contributed by atoms with van der Waals surface area (Å²) in [5, 5.41) is 0. The lowest BCUT2D eigenvalue weighted by Crippen LogP contribution is -2.30. The van der Waals surface area contributed by atoms with Crippen molar-refractivity contribution in [2.45, 2.75) is 233 Å². The summed E-state index contributed by atoms with van der Waals surface area (Å²) in [5.74, 6) is 0.692. The first-order valence-corrected chi connectivity index (χ1v) is 21.2. The third-order valence-corrected chi connectivity index (χ3v) is 9.47. The highest BCUT2D eigenvalue weighted by atomic mass is 16.6. The molecule has 0 amide bonds. The molecule has 0 spiro atoms. The van der Waals surface area contributed by atoms with Gasteiger partial charge >= 0.3 is 17.9 Å². The molecule has 6 nitrogen and oxygen atoms in total. The maximum atomic E-state index is 12.6. The van der Waals surface area contributed by atoms with Crippen molar-refractivity contribution in [3.63, 3.8) is 0 Å². The molecule has 0 aromatic carbocycles. The van der Waals surface area contributed by atoms with E-state index >= 15 is 0 Å². The molecule has 0 bridgehead atoms. The summed E-state index contributed by atoms with van der Waals surface area (Å²) in [7, 11) is 0. The van der Waals surface area contributed by atoms with Gasteiger partial charge in [0.25, 0.3) is 0 Å². The van der Waals surface area contributed by atoms with Gasteiger partial charge in [0.05, 0.1) is 0 Å². The van der Waals surface area contributed by atoms with E-state index in [4.69, 9.17) is 14.2 Å². The van der Waals surface area contributed by atoms with Gasteiger partial charge in [0.2, 0.25) is 0 Å². The normalized spacial score (nSPS) is 12.1. The zero-order valence-electron chi connectivity index (χ0n) is 33.3. The summed E-state index contributed by atoms with van der Waals surface area (Å²) in [6, 6.07) is 0. The van der Waals surface area contributed by atoms with E-state index < -0.39 is 6.10 Å². The Hall–Kier alpha value is -1.59. The molecule has 0 aliphatic carbocycles. The van der Waals surface area contributed by atoms with Crippen molar-refractivity contribution in [2.24, 2.45) is 11.8 Å². The third-order valence-electron chi connectivity index (χ3n) is 9.47. The summed E-state index contributed by atoms with van der Waals surface area (Å²) < 4.78 is 16.6. The molecule has 0 N–H and O–H groups in total. The highest BCUT2D eigenvalue weighted by Crippen LogP contribution is 2.16. The van der Waals surface area contributed by atoms with Crippen molar-refractivity contribution >= 4 is 17.9 Å². The van der Waals surface area contributed by atoms with E-state index in [1.807, 2.05) is 0 Å². The molecule has 0 aromatic rings. The monoisotopic (exact) mass is 695 g/mol. The molecule has 0 aliphatic heterocycles. The summed E-state index contributed by atoms with van der Waals surface area (Å²) in [6.07, 6.45) is 32.4. The molecule has 6 heteroatoms. The quantitative estimate of drug-likeness (QED) is 0.0366. The van der Waals surface area contributed by atoms with Gasteiger partial charge in [-0.05, 0) is 31.1 Å². The molecule has 0 saturated carbocycles. The lowest BCUT2D eigenvalue weighted by atomic mass is 10.0. The summed E-state index contributed by atoms with van der Waals surface area (Å²) in [5.41, 5.74) is 0. The Balaban J connectivity index is 4.35. The molecule has 0 aliphatic rings. The second kappa shape index (κ2) is 36.2. The molecule has 290 valence electrons. The van der Waals surface area contributed by atoms with Crippen LogP contribution >= 0.6 is 0 Å². The van der Waals surface area contributed by atoms with Crippen LogP contribution < -0.4 is 0 Å². The molecular weight excluding hydrogens is 612 g/mol. The predicted molar refractivity (Wildman–Crippen MR) is 206 cm³/mol. The fourth-order valence-electron chi connectivity index (χ4n) is 6.22. The Morgan fingerprint density at radius 2 is 0.673 bits per heavy atom. The van der Waals surface area contributed by atoms with Crippen LogP contribution in [-0.4, -0.2) is 37.2 Å². The minimum atomic E-state index is -0.759. The van der Waals surface area contributed by atoms with Crippen LogP contribution in [0.2, 0.25) is 0 Å². The average Bonchev–Trinajstić information content (AvgIpc) is 3.06. The van der Waals surface area contributed by atoms with Gasteiger partial charge in [-0.3, -0.25) is 14.4 Å². The highest BCUT2D eigenvalue weighted by Gasteiger charge is 2.19. The fourth-order valence-corrected chi connectivity index (χ4v) is 6.22.